The Hall–Kier alpha value is -3.80. The molecule has 0 atom stereocenters. The van der Waals surface area contributed by atoms with Gasteiger partial charge in [0.2, 0.25) is 11.8 Å². The predicted molar refractivity (Wildman–Crippen MR) is 148 cm³/mol. The summed E-state index contributed by atoms with van der Waals surface area (Å²) in [7, 11) is 0. The van der Waals surface area contributed by atoms with Gasteiger partial charge < -0.3 is 20.7 Å². The van der Waals surface area contributed by atoms with Gasteiger partial charge in [-0.3, -0.25) is 9.59 Å². The first-order chi connectivity index (χ1) is 17.6. The maximum Gasteiger partial charge on any atom is 0.243 e. The van der Waals surface area contributed by atoms with Gasteiger partial charge in [-0.15, -0.1) is 0 Å². The van der Waals surface area contributed by atoms with Gasteiger partial charge in [0, 0.05) is 29.5 Å². The third-order valence-electron chi connectivity index (χ3n) is 5.74. The van der Waals surface area contributed by atoms with Crippen LogP contribution in [-0.4, -0.2) is 25.0 Å². The molecule has 0 saturated heterocycles. The number of anilines is 3. The Labute approximate surface area is 214 Å². The molecule has 6 heteroatoms. The number of nitrogens with one attached hydrogen (secondary N) is 3. The Bertz CT molecular complexity index is 1070. The summed E-state index contributed by atoms with van der Waals surface area (Å²) in [4.78, 5) is 24.6. The van der Waals surface area contributed by atoms with Crippen molar-refractivity contribution in [1.29, 1.82) is 0 Å². The van der Waals surface area contributed by atoms with Crippen molar-refractivity contribution in [3.05, 3.63) is 84.4 Å². The van der Waals surface area contributed by atoms with Crippen LogP contribution in [-0.2, 0) is 16.0 Å². The molecule has 0 aliphatic rings. The lowest BCUT2D eigenvalue weighted by atomic mass is 10.1. The van der Waals surface area contributed by atoms with Crippen LogP contribution in [0.1, 0.15) is 51.0 Å². The van der Waals surface area contributed by atoms with E-state index >= 15 is 0 Å². The van der Waals surface area contributed by atoms with Gasteiger partial charge in [-0.2, -0.15) is 0 Å². The van der Waals surface area contributed by atoms with E-state index in [0.29, 0.717) is 30.8 Å². The quantitative estimate of drug-likeness (QED) is 0.210. The Kier molecular flexibility index (Phi) is 11.4. The minimum Gasteiger partial charge on any atom is -0.494 e. The SMILES string of the molecule is CCCCCCCOc1cccc(NCC(=O)Nc2ccc(NC(=O)CCc3ccccc3)cc2)c1. The summed E-state index contributed by atoms with van der Waals surface area (Å²) in [6.45, 7) is 3.05. The molecule has 0 aliphatic carbocycles. The molecule has 0 radical (unpaired) electrons. The van der Waals surface area contributed by atoms with Crippen LogP contribution < -0.4 is 20.7 Å². The standard InChI is InChI=1S/C30H37N3O3/c1-2-3-4-5-9-21-36-28-14-10-13-27(22-28)31-23-30(35)33-26-18-16-25(17-19-26)32-29(34)20-15-24-11-7-6-8-12-24/h6-8,10-14,16-19,22,31H,2-5,9,15,20-21,23H2,1H3,(H,32,34)(H,33,35). The van der Waals surface area contributed by atoms with Crippen LogP contribution in [0.2, 0.25) is 0 Å². The van der Waals surface area contributed by atoms with Crippen molar-refractivity contribution in [2.45, 2.75) is 51.9 Å². The Balaban J connectivity index is 1.36. The zero-order chi connectivity index (χ0) is 25.4. The molecular formula is C30H37N3O3. The van der Waals surface area contributed by atoms with Gasteiger partial charge in [-0.05, 0) is 54.8 Å². The van der Waals surface area contributed by atoms with Crippen LogP contribution in [0.4, 0.5) is 17.1 Å². The van der Waals surface area contributed by atoms with Crippen molar-refractivity contribution in [2.75, 3.05) is 29.1 Å². The topological polar surface area (TPSA) is 79.5 Å². The van der Waals surface area contributed by atoms with E-state index in [1.165, 1.54) is 25.7 Å². The van der Waals surface area contributed by atoms with Gasteiger partial charge in [-0.1, -0.05) is 69.0 Å². The van der Waals surface area contributed by atoms with Gasteiger partial charge in [-0.25, -0.2) is 0 Å². The number of benzene rings is 3. The van der Waals surface area contributed by atoms with Crippen LogP contribution in [0.5, 0.6) is 5.75 Å². The van der Waals surface area contributed by atoms with Crippen molar-refractivity contribution in [3.63, 3.8) is 0 Å². The Morgan fingerprint density at radius 1 is 0.722 bits per heavy atom. The minimum atomic E-state index is -0.156. The molecule has 0 unspecified atom stereocenters. The molecule has 3 aromatic carbocycles. The van der Waals surface area contributed by atoms with Crippen molar-refractivity contribution in [1.82, 2.24) is 0 Å². The van der Waals surface area contributed by atoms with E-state index in [1.807, 2.05) is 54.6 Å². The highest BCUT2D eigenvalue weighted by atomic mass is 16.5. The van der Waals surface area contributed by atoms with Gasteiger partial charge in [0.15, 0.2) is 0 Å². The Morgan fingerprint density at radius 3 is 2.14 bits per heavy atom. The van der Waals surface area contributed by atoms with Crippen molar-refractivity contribution >= 4 is 28.9 Å². The first-order valence-electron chi connectivity index (χ1n) is 12.8. The van der Waals surface area contributed by atoms with E-state index in [1.54, 1.807) is 24.3 Å². The van der Waals surface area contributed by atoms with E-state index < -0.39 is 0 Å². The van der Waals surface area contributed by atoms with Crippen LogP contribution in [0.25, 0.3) is 0 Å². The molecule has 3 rings (SSSR count). The lowest BCUT2D eigenvalue weighted by Crippen LogP contribution is -2.21. The smallest absolute Gasteiger partial charge is 0.243 e. The van der Waals surface area contributed by atoms with E-state index in [4.69, 9.17) is 4.74 Å². The van der Waals surface area contributed by atoms with E-state index in [-0.39, 0.29) is 18.4 Å². The molecular weight excluding hydrogens is 450 g/mol. The second-order valence-electron chi connectivity index (χ2n) is 8.80. The second-order valence-corrected chi connectivity index (χ2v) is 8.80. The number of aryl methyl sites for hydroxylation is 1. The number of amides is 2. The maximum atomic E-state index is 12.4. The lowest BCUT2D eigenvalue weighted by Gasteiger charge is -2.11. The fraction of sp³-hybridized carbons (Fsp3) is 0.333. The molecule has 0 saturated carbocycles. The number of rotatable bonds is 15. The molecule has 3 aromatic rings. The third-order valence-corrected chi connectivity index (χ3v) is 5.74. The zero-order valence-electron chi connectivity index (χ0n) is 21.1. The number of carbonyl (C=O) groups excluding carboxylic acids is 2. The fourth-order valence-electron chi connectivity index (χ4n) is 3.74. The number of hydrogen-bond donors (Lipinski definition) is 3. The molecule has 6 nitrogen and oxygen atoms in total. The van der Waals surface area contributed by atoms with Crippen LogP contribution >= 0.6 is 0 Å². The summed E-state index contributed by atoms with van der Waals surface area (Å²) in [6, 6.07) is 24.7. The predicted octanol–water partition coefficient (Wildman–Crippen LogP) is 6.66. The molecule has 0 aliphatic heterocycles. The van der Waals surface area contributed by atoms with Crippen LogP contribution in [0, 0.1) is 0 Å². The van der Waals surface area contributed by atoms with Crippen molar-refractivity contribution in [3.8, 4) is 5.75 Å². The van der Waals surface area contributed by atoms with Crippen LogP contribution in [0.3, 0.4) is 0 Å². The molecule has 0 bridgehead atoms. The number of carbonyl (C=O) groups is 2. The Morgan fingerprint density at radius 2 is 1.42 bits per heavy atom. The normalized spacial score (nSPS) is 10.5. The summed E-state index contributed by atoms with van der Waals surface area (Å²) in [5.74, 6) is 0.608. The summed E-state index contributed by atoms with van der Waals surface area (Å²) < 4.78 is 5.84. The van der Waals surface area contributed by atoms with Gasteiger partial charge in [0.05, 0.1) is 13.2 Å². The van der Waals surface area contributed by atoms with E-state index in [0.717, 1.165) is 23.4 Å². The maximum absolute atomic E-state index is 12.4. The van der Waals surface area contributed by atoms with Crippen molar-refractivity contribution in [2.24, 2.45) is 0 Å². The van der Waals surface area contributed by atoms with Gasteiger partial charge in [0.1, 0.15) is 5.75 Å². The summed E-state index contributed by atoms with van der Waals surface area (Å²) in [5.41, 5.74) is 3.34. The number of hydrogen-bond acceptors (Lipinski definition) is 4. The van der Waals surface area contributed by atoms with Gasteiger partial charge in [0.25, 0.3) is 0 Å². The first-order valence-corrected chi connectivity index (χ1v) is 12.8. The van der Waals surface area contributed by atoms with Crippen molar-refractivity contribution < 1.29 is 14.3 Å². The highest BCUT2D eigenvalue weighted by molar-refractivity contribution is 5.94. The third kappa shape index (κ3) is 10.2. The second kappa shape index (κ2) is 15.2. The monoisotopic (exact) mass is 487 g/mol. The molecule has 3 N–H and O–H groups in total. The summed E-state index contributed by atoms with van der Waals surface area (Å²) in [5, 5.41) is 8.90. The molecule has 0 fully saturated rings. The lowest BCUT2D eigenvalue weighted by molar-refractivity contribution is -0.116. The average Bonchev–Trinajstić information content (AvgIpc) is 2.90. The largest absolute Gasteiger partial charge is 0.494 e. The number of unbranched alkanes of at least 4 members (excludes halogenated alkanes) is 4. The van der Waals surface area contributed by atoms with Gasteiger partial charge >= 0.3 is 0 Å². The molecule has 36 heavy (non-hydrogen) atoms. The fourth-order valence-corrected chi connectivity index (χ4v) is 3.74. The minimum absolute atomic E-state index is 0.0393. The van der Waals surface area contributed by atoms with E-state index in [2.05, 4.69) is 22.9 Å². The zero-order valence-corrected chi connectivity index (χ0v) is 21.1. The van der Waals surface area contributed by atoms with E-state index in [9.17, 15) is 9.59 Å². The highest BCUT2D eigenvalue weighted by Gasteiger charge is 2.06. The average molecular weight is 488 g/mol. The molecule has 190 valence electrons. The van der Waals surface area contributed by atoms with Crippen LogP contribution in [0.15, 0.2) is 78.9 Å². The molecule has 0 spiro atoms. The summed E-state index contributed by atoms with van der Waals surface area (Å²) >= 11 is 0. The highest BCUT2D eigenvalue weighted by Crippen LogP contribution is 2.18. The first kappa shape index (κ1) is 26.8. The molecule has 0 aromatic heterocycles. The molecule has 2 amide bonds. The summed E-state index contributed by atoms with van der Waals surface area (Å²) in [6.07, 6.45) is 7.12. The number of ether oxygens (including phenoxy) is 1. The molecule has 0 heterocycles.